The Labute approximate surface area is 112 Å². The average molecular weight is 329 g/mol. The topological polar surface area (TPSA) is 54.0 Å². The lowest BCUT2D eigenvalue weighted by Crippen LogP contribution is -2.56. The van der Waals surface area contributed by atoms with E-state index < -0.39 is 18.9 Å². The number of alkyl halides is 1. The molecule has 0 N–H and O–H groups in total. The van der Waals surface area contributed by atoms with Gasteiger partial charge in [0.2, 0.25) is 0 Å². The predicted octanol–water partition coefficient (Wildman–Crippen LogP) is 1.90. The zero-order chi connectivity index (χ0) is 13.7. The molecular formula is C10H21BrO5Si. The molecule has 102 valence electrons. The van der Waals surface area contributed by atoms with Crippen molar-refractivity contribution >= 4 is 30.7 Å². The maximum absolute atomic E-state index is 11.8. The van der Waals surface area contributed by atoms with Gasteiger partial charge in [-0.05, 0) is 20.3 Å². The second-order valence-electron chi connectivity index (χ2n) is 3.99. The molecule has 0 bridgehead atoms. The van der Waals surface area contributed by atoms with E-state index in [-0.39, 0.29) is 5.97 Å². The Bertz CT molecular complexity index is 241. The zero-order valence-electron chi connectivity index (χ0n) is 11.2. The molecule has 0 aliphatic rings. The summed E-state index contributed by atoms with van der Waals surface area (Å²) in [4.78, 5) is 11.8. The fourth-order valence-corrected chi connectivity index (χ4v) is 3.45. The van der Waals surface area contributed by atoms with E-state index in [2.05, 4.69) is 15.9 Å². The van der Waals surface area contributed by atoms with Gasteiger partial charge in [-0.3, -0.25) is 4.79 Å². The van der Waals surface area contributed by atoms with Gasteiger partial charge in [0.15, 0.2) is 5.73 Å². The molecule has 0 aliphatic heterocycles. The van der Waals surface area contributed by atoms with Gasteiger partial charge in [-0.15, -0.1) is 0 Å². The van der Waals surface area contributed by atoms with E-state index >= 15 is 0 Å². The number of ether oxygens (including phenoxy) is 1. The summed E-state index contributed by atoms with van der Waals surface area (Å²) in [5, 5.41) is 0. The monoisotopic (exact) mass is 328 g/mol. The van der Waals surface area contributed by atoms with Crippen LogP contribution in [0.5, 0.6) is 0 Å². The van der Waals surface area contributed by atoms with Crippen LogP contribution in [-0.2, 0) is 22.8 Å². The van der Waals surface area contributed by atoms with Crippen LogP contribution < -0.4 is 0 Å². The van der Waals surface area contributed by atoms with Crippen LogP contribution in [0.3, 0.4) is 0 Å². The van der Waals surface area contributed by atoms with Gasteiger partial charge in [0.25, 0.3) is 0 Å². The molecule has 0 fully saturated rings. The summed E-state index contributed by atoms with van der Waals surface area (Å²) in [5.41, 5.74) is -0.508. The number of carbonyl (C=O) groups excluding carboxylic acids is 1. The molecule has 0 rings (SSSR count). The van der Waals surface area contributed by atoms with Gasteiger partial charge in [-0.25, -0.2) is 0 Å². The Hall–Kier alpha value is 0.0469. The molecule has 0 amide bonds. The first kappa shape index (κ1) is 17.0. The second-order valence-corrected chi connectivity index (χ2v) is 9.05. The standard InChI is InChI=1S/C10H21BrO5Si/c1-7-8(16-9(12)10(2,3)11)17(13-4,14-5)15-6/h8H,7H2,1-6H3. The summed E-state index contributed by atoms with van der Waals surface area (Å²) in [6, 6.07) is 0. The Kier molecular flexibility index (Phi) is 6.86. The van der Waals surface area contributed by atoms with Crippen LogP contribution in [0.25, 0.3) is 0 Å². The third-order valence-corrected chi connectivity index (χ3v) is 5.70. The predicted molar refractivity (Wildman–Crippen MR) is 70.0 cm³/mol. The summed E-state index contributed by atoms with van der Waals surface area (Å²) in [6.07, 6.45) is 0.566. The molecule has 7 heteroatoms. The van der Waals surface area contributed by atoms with Gasteiger partial charge < -0.3 is 18.0 Å². The molecular weight excluding hydrogens is 308 g/mol. The highest BCUT2D eigenvalue weighted by Crippen LogP contribution is 2.23. The first-order chi connectivity index (χ1) is 7.77. The fourth-order valence-electron chi connectivity index (χ4n) is 1.32. The highest BCUT2D eigenvalue weighted by Gasteiger charge is 2.50. The van der Waals surface area contributed by atoms with Crippen molar-refractivity contribution in [3.8, 4) is 0 Å². The van der Waals surface area contributed by atoms with Gasteiger partial charge in [-0.1, -0.05) is 22.9 Å². The molecule has 0 spiro atoms. The number of halogens is 1. The van der Waals surface area contributed by atoms with Crippen molar-refractivity contribution in [1.82, 2.24) is 0 Å². The largest absolute Gasteiger partial charge is 0.543 e. The lowest BCUT2D eigenvalue weighted by molar-refractivity contribution is -0.150. The Morgan fingerprint density at radius 3 is 1.88 bits per heavy atom. The van der Waals surface area contributed by atoms with Crippen LogP contribution in [0.2, 0.25) is 0 Å². The third-order valence-electron chi connectivity index (χ3n) is 2.35. The van der Waals surface area contributed by atoms with Crippen LogP contribution in [0.1, 0.15) is 27.2 Å². The van der Waals surface area contributed by atoms with Crippen molar-refractivity contribution in [1.29, 1.82) is 0 Å². The maximum Gasteiger partial charge on any atom is 0.543 e. The van der Waals surface area contributed by atoms with E-state index in [0.717, 1.165) is 0 Å². The lowest BCUT2D eigenvalue weighted by atomic mass is 10.2. The molecule has 0 saturated heterocycles. The maximum atomic E-state index is 11.8. The molecule has 0 aromatic carbocycles. The quantitative estimate of drug-likeness (QED) is 0.406. The second kappa shape index (κ2) is 6.84. The first-order valence-corrected chi connectivity index (χ1v) is 7.92. The van der Waals surface area contributed by atoms with E-state index in [1.54, 1.807) is 13.8 Å². The van der Waals surface area contributed by atoms with Crippen LogP contribution in [0, 0.1) is 0 Å². The van der Waals surface area contributed by atoms with Crippen molar-refractivity contribution in [3.05, 3.63) is 0 Å². The van der Waals surface area contributed by atoms with Crippen molar-refractivity contribution < 1.29 is 22.8 Å². The molecule has 1 unspecified atom stereocenters. The normalized spacial score (nSPS) is 14.5. The molecule has 5 nitrogen and oxygen atoms in total. The Balaban J connectivity index is 4.89. The lowest BCUT2D eigenvalue weighted by Gasteiger charge is -2.32. The summed E-state index contributed by atoms with van der Waals surface area (Å²) < 4.78 is 20.6. The number of rotatable bonds is 7. The van der Waals surface area contributed by atoms with Gasteiger partial charge in [0, 0.05) is 21.3 Å². The summed E-state index contributed by atoms with van der Waals surface area (Å²) >= 11 is 3.25. The van der Waals surface area contributed by atoms with Crippen molar-refractivity contribution in [2.75, 3.05) is 21.3 Å². The smallest absolute Gasteiger partial charge is 0.457 e. The molecule has 1 atom stereocenters. The summed E-state index contributed by atoms with van der Waals surface area (Å²) in [7, 11) is 1.53. The van der Waals surface area contributed by atoms with Crippen LogP contribution in [0.4, 0.5) is 0 Å². The van der Waals surface area contributed by atoms with E-state index in [0.29, 0.717) is 6.42 Å². The van der Waals surface area contributed by atoms with E-state index in [9.17, 15) is 4.79 Å². The summed E-state index contributed by atoms with van der Waals surface area (Å²) in [6.45, 7) is 5.33. The summed E-state index contributed by atoms with van der Waals surface area (Å²) in [5.74, 6) is -0.368. The Morgan fingerprint density at radius 1 is 1.24 bits per heavy atom. The Morgan fingerprint density at radius 2 is 1.65 bits per heavy atom. The molecule has 0 aromatic rings. The highest BCUT2D eigenvalue weighted by atomic mass is 79.9. The minimum Gasteiger partial charge on any atom is -0.457 e. The zero-order valence-corrected chi connectivity index (χ0v) is 13.8. The fraction of sp³-hybridized carbons (Fsp3) is 0.900. The van der Waals surface area contributed by atoms with Gasteiger partial charge in [-0.2, -0.15) is 0 Å². The number of hydrogen-bond acceptors (Lipinski definition) is 5. The first-order valence-electron chi connectivity index (χ1n) is 5.32. The number of hydrogen-bond donors (Lipinski definition) is 0. The average Bonchev–Trinajstić information content (AvgIpc) is 2.28. The van der Waals surface area contributed by atoms with E-state index in [1.807, 2.05) is 6.92 Å². The van der Waals surface area contributed by atoms with Crippen LogP contribution in [-0.4, -0.2) is 46.2 Å². The third kappa shape index (κ3) is 4.33. The van der Waals surface area contributed by atoms with E-state index in [1.165, 1.54) is 21.3 Å². The van der Waals surface area contributed by atoms with Gasteiger partial charge in [0.1, 0.15) is 4.32 Å². The number of carbonyl (C=O) groups is 1. The minimum atomic E-state index is -2.95. The molecule has 0 radical (unpaired) electrons. The van der Waals surface area contributed by atoms with Crippen molar-refractivity contribution in [2.45, 2.75) is 37.2 Å². The van der Waals surface area contributed by atoms with E-state index in [4.69, 9.17) is 18.0 Å². The minimum absolute atomic E-state index is 0.368. The van der Waals surface area contributed by atoms with Crippen LogP contribution in [0.15, 0.2) is 0 Å². The van der Waals surface area contributed by atoms with Crippen LogP contribution >= 0.6 is 15.9 Å². The van der Waals surface area contributed by atoms with Crippen molar-refractivity contribution in [2.24, 2.45) is 0 Å². The molecule has 0 heterocycles. The molecule has 17 heavy (non-hydrogen) atoms. The molecule has 0 saturated carbocycles. The van der Waals surface area contributed by atoms with Gasteiger partial charge >= 0.3 is 14.8 Å². The van der Waals surface area contributed by atoms with Gasteiger partial charge in [0.05, 0.1) is 0 Å². The van der Waals surface area contributed by atoms with Crippen molar-refractivity contribution in [3.63, 3.8) is 0 Å². The molecule has 0 aromatic heterocycles. The molecule has 0 aliphatic carbocycles. The SMILES string of the molecule is CCC(OC(=O)C(C)(C)Br)[Si](OC)(OC)OC. The number of esters is 1. The highest BCUT2D eigenvalue weighted by molar-refractivity contribution is 9.10.